The van der Waals surface area contributed by atoms with Gasteiger partial charge in [0.25, 0.3) is 5.91 Å². The largest absolute Gasteiger partial charge is 0.494 e. The highest BCUT2D eigenvalue weighted by Gasteiger charge is 2.37. The van der Waals surface area contributed by atoms with Crippen LogP contribution >= 0.6 is 23.2 Å². The van der Waals surface area contributed by atoms with Crippen LogP contribution in [0.2, 0.25) is 10.0 Å². The van der Waals surface area contributed by atoms with Gasteiger partial charge in [-0.15, -0.1) is 0 Å². The molecule has 6 aromatic rings. The summed E-state index contributed by atoms with van der Waals surface area (Å²) in [6, 6.07) is 14.3. The van der Waals surface area contributed by atoms with E-state index in [2.05, 4.69) is 16.5 Å². The lowest BCUT2D eigenvalue weighted by Crippen LogP contribution is -2.43. The average Bonchev–Trinajstić information content (AvgIpc) is 3.55. The van der Waals surface area contributed by atoms with Gasteiger partial charge in [0, 0.05) is 58.4 Å². The lowest BCUT2D eigenvalue weighted by Gasteiger charge is -2.34. The van der Waals surface area contributed by atoms with Gasteiger partial charge < -0.3 is 14.4 Å². The fraction of sp³-hybridized carbons (Fsp3) is 0.282. The summed E-state index contributed by atoms with van der Waals surface area (Å²) in [4.78, 5) is 33.0. The molecule has 0 bridgehead atoms. The second-order valence-electron chi connectivity index (χ2n) is 13.1. The molecule has 3 aromatic heterocycles. The van der Waals surface area contributed by atoms with E-state index in [-0.39, 0.29) is 17.5 Å². The topological polar surface area (TPSA) is 102 Å². The molecule has 3 aromatic carbocycles. The zero-order chi connectivity index (χ0) is 35.6. The van der Waals surface area contributed by atoms with Crippen molar-refractivity contribution in [3.8, 4) is 16.9 Å². The Kier molecular flexibility index (Phi) is 8.60. The summed E-state index contributed by atoms with van der Waals surface area (Å²) in [5.41, 5.74) is 8.15. The molecule has 50 heavy (non-hydrogen) atoms. The summed E-state index contributed by atoms with van der Waals surface area (Å²) < 4.78 is 10.2. The van der Waals surface area contributed by atoms with Gasteiger partial charge in [0.15, 0.2) is 0 Å². The summed E-state index contributed by atoms with van der Waals surface area (Å²) in [5, 5.41) is 18.0. The highest BCUT2D eigenvalue weighted by Crippen LogP contribution is 2.45. The van der Waals surface area contributed by atoms with E-state index in [1.807, 2.05) is 63.7 Å². The van der Waals surface area contributed by atoms with Crippen molar-refractivity contribution in [3.63, 3.8) is 0 Å². The minimum atomic E-state index is -1.01. The Hall–Kier alpha value is -4.86. The molecule has 0 fully saturated rings. The van der Waals surface area contributed by atoms with Crippen molar-refractivity contribution in [2.75, 3.05) is 18.1 Å². The fourth-order valence-corrected chi connectivity index (χ4v) is 7.78. The van der Waals surface area contributed by atoms with E-state index in [0.29, 0.717) is 53.3 Å². The van der Waals surface area contributed by atoms with E-state index in [1.165, 1.54) is 0 Å². The Morgan fingerprint density at radius 2 is 1.72 bits per heavy atom. The first-order chi connectivity index (χ1) is 23.9. The number of carbonyl (C=O) groups is 2. The van der Waals surface area contributed by atoms with Crippen LogP contribution in [0.25, 0.3) is 32.8 Å². The molecular weight excluding hydrogens is 673 g/mol. The average molecular weight is 711 g/mol. The number of amides is 1. The summed E-state index contributed by atoms with van der Waals surface area (Å²) in [5.74, 6) is 0.0608. The quantitative estimate of drug-likeness (QED) is 0.158. The Morgan fingerprint density at radius 1 is 1.00 bits per heavy atom. The number of aromatic carboxylic acids is 1. The molecule has 1 aliphatic rings. The number of hydrogen-bond donors (Lipinski definition) is 1. The number of anilines is 1. The highest BCUT2D eigenvalue weighted by molar-refractivity contribution is 6.35. The number of carbonyl (C=O) groups excluding carboxylic acids is 1. The van der Waals surface area contributed by atoms with Gasteiger partial charge in [-0.25, -0.2) is 9.78 Å². The van der Waals surface area contributed by atoms with Gasteiger partial charge in [-0.2, -0.15) is 5.10 Å². The van der Waals surface area contributed by atoms with Crippen molar-refractivity contribution in [1.29, 1.82) is 0 Å². The Bertz CT molecular complexity index is 2350. The fourth-order valence-electron chi connectivity index (χ4n) is 7.42. The molecule has 1 aliphatic heterocycles. The lowest BCUT2D eigenvalue weighted by atomic mass is 9.98. The molecule has 1 N–H and O–H groups in total. The standard InChI is InChI=1S/C39H37Cl2N5O4/c1-20-16-27(17-21(2)34(20)41)50-15-7-8-29-30-11-12-31(40)33(32-23(4)43-44(6)24(32)5)35(30)46-22(3)19-45(38(47)36(29)46)37-28-10-9-26(39(48)49)18-25(28)13-14-42-37/h9-14,16-18,22H,7-8,15,19H2,1-6H3,(H,48,49). The van der Waals surface area contributed by atoms with E-state index < -0.39 is 5.97 Å². The number of hydrogen-bond acceptors (Lipinski definition) is 5. The molecule has 0 aliphatic carbocycles. The predicted molar refractivity (Wildman–Crippen MR) is 198 cm³/mol. The van der Waals surface area contributed by atoms with Crippen LogP contribution < -0.4 is 9.64 Å². The monoisotopic (exact) mass is 709 g/mol. The number of pyridine rings is 1. The minimum Gasteiger partial charge on any atom is -0.494 e. The number of rotatable bonds is 8. The number of ether oxygens (including phenoxy) is 1. The zero-order valence-electron chi connectivity index (χ0n) is 28.8. The first kappa shape index (κ1) is 33.6. The molecular formula is C39H37Cl2N5O4. The second-order valence-corrected chi connectivity index (χ2v) is 13.9. The molecule has 4 heterocycles. The molecule has 1 unspecified atom stereocenters. The van der Waals surface area contributed by atoms with Gasteiger partial charge in [-0.3, -0.25) is 14.4 Å². The van der Waals surface area contributed by atoms with Crippen LogP contribution in [0.3, 0.4) is 0 Å². The maximum Gasteiger partial charge on any atom is 0.335 e. The third kappa shape index (κ3) is 5.49. The third-order valence-corrected chi connectivity index (χ3v) is 10.7. The van der Waals surface area contributed by atoms with Crippen LogP contribution in [0.4, 0.5) is 5.82 Å². The molecule has 0 saturated heterocycles. The summed E-state index contributed by atoms with van der Waals surface area (Å²) in [7, 11) is 1.92. The number of halogens is 2. The molecule has 11 heteroatoms. The minimum absolute atomic E-state index is 0.153. The molecule has 1 amide bonds. The van der Waals surface area contributed by atoms with Gasteiger partial charge in [0.1, 0.15) is 17.3 Å². The van der Waals surface area contributed by atoms with Crippen LogP contribution in [0.1, 0.15) is 68.3 Å². The van der Waals surface area contributed by atoms with Gasteiger partial charge in [-0.05, 0) is 112 Å². The molecule has 0 spiro atoms. The van der Waals surface area contributed by atoms with Crippen molar-refractivity contribution in [3.05, 3.63) is 104 Å². The number of carboxylic acids is 1. The normalized spacial score (nSPS) is 14.5. The second kappa shape index (κ2) is 12.8. The highest BCUT2D eigenvalue weighted by atomic mass is 35.5. The van der Waals surface area contributed by atoms with Gasteiger partial charge in [0.05, 0.1) is 28.4 Å². The Balaban J connectivity index is 1.37. The number of aryl methyl sites for hydroxylation is 5. The number of benzene rings is 3. The SMILES string of the molecule is Cc1cc(OCCCc2c3n(c4c(-c5c(C)nn(C)c5C)c(Cl)ccc24)C(C)CN(c2nccc4cc(C(=O)O)ccc24)C3=O)cc(C)c1Cl. The van der Waals surface area contributed by atoms with E-state index in [1.54, 1.807) is 35.4 Å². The first-order valence-corrected chi connectivity index (χ1v) is 17.3. The van der Waals surface area contributed by atoms with Crippen molar-refractivity contribution < 1.29 is 19.4 Å². The number of nitrogens with zero attached hydrogens (tertiary/aromatic N) is 5. The van der Waals surface area contributed by atoms with Crippen molar-refractivity contribution in [1.82, 2.24) is 19.3 Å². The van der Waals surface area contributed by atoms with E-state index in [4.69, 9.17) is 33.0 Å². The molecule has 0 radical (unpaired) electrons. The van der Waals surface area contributed by atoms with Crippen LogP contribution in [0.15, 0.2) is 54.7 Å². The van der Waals surface area contributed by atoms with Crippen LogP contribution in [-0.4, -0.2) is 49.5 Å². The molecule has 256 valence electrons. The molecule has 7 rings (SSSR count). The van der Waals surface area contributed by atoms with Crippen LogP contribution in [-0.2, 0) is 13.5 Å². The van der Waals surface area contributed by atoms with Crippen molar-refractivity contribution in [2.45, 2.75) is 53.5 Å². The number of carboxylic acid groups (broad SMARTS) is 1. The predicted octanol–water partition coefficient (Wildman–Crippen LogP) is 9.06. The number of aromatic nitrogens is 4. The number of fused-ring (bicyclic) bond motifs is 4. The van der Waals surface area contributed by atoms with Gasteiger partial charge in [0.2, 0.25) is 0 Å². The van der Waals surface area contributed by atoms with E-state index >= 15 is 0 Å². The Morgan fingerprint density at radius 3 is 2.40 bits per heavy atom. The zero-order valence-corrected chi connectivity index (χ0v) is 30.3. The lowest BCUT2D eigenvalue weighted by molar-refractivity contribution is 0.0696. The Labute approximate surface area is 300 Å². The van der Waals surface area contributed by atoms with E-state index in [0.717, 1.165) is 60.9 Å². The maximum atomic E-state index is 14.9. The summed E-state index contributed by atoms with van der Waals surface area (Å²) >= 11 is 13.4. The molecule has 1 atom stereocenters. The summed E-state index contributed by atoms with van der Waals surface area (Å²) in [6.45, 7) is 10.8. The van der Waals surface area contributed by atoms with Crippen molar-refractivity contribution in [2.24, 2.45) is 7.05 Å². The maximum absolute atomic E-state index is 14.9. The van der Waals surface area contributed by atoms with Crippen LogP contribution in [0, 0.1) is 27.7 Å². The first-order valence-electron chi connectivity index (χ1n) is 16.6. The van der Waals surface area contributed by atoms with Gasteiger partial charge in [-0.1, -0.05) is 29.3 Å². The smallest absolute Gasteiger partial charge is 0.335 e. The van der Waals surface area contributed by atoms with Crippen molar-refractivity contribution >= 4 is 62.6 Å². The molecule has 9 nitrogen and oxygen atoms in total. The summed E-state index contributed by atoms with van der Waals surface area (Å²) in [6.07, 6.45) is 2.85. The van der Waals surface area contributed by atoms with E-state index in [9.17, 15) is 14.7 Å². The molecule has 0 saturated carbocycles. The van der Waals surface area contributed by atoms with Gasteiger partial charge >= 0.3 is 5.97 Å². The van der Waals surface area contributed by atoms with Crippen LogP contribution in [0.5, 0.6) is 5.75 Å². The third-order valence-electron chi connectivity index (χ3n) is 9.81.